The van der Waals surface area contributed by atoms with Gasteiger partial charge in [-0.1, -0.05) is 42.5 Å². The summed E-state index contributed by atoms with van der Waals surface area (Å²) in [5, 5.41) is 1.52. The van der Waals surface area contributed by atoms with E-state index >= 15 is 0 Å². The third-order valence-electron chi connectivity index (χ3n) is 2.33. The van der Waals surface area contributed by atoms with Crippen molar-refractivity contribution in [1.82, 2.24) is 0 Å². The molecule has 3 heteroatoms. The van der Waals surface area contributed by atoms with Crippen LogP contribution in [0.1, 0.15) is 10.4 Å². The SMILES string of the molecule is O=[C]C(=O)C(=O)c1cccc2ccccc12. The second kappa shape index (κ2) is 4.06. The predicted molar refractivity (Wildman–Crippen MR) is 59.0 cm³/mol. The monoisotopic (exact) mass is 211 g/mol. The first-order valence-electron chi connectivity index (χ1n) is 4.68. The van der Waals surface area contributed by atoms with E-state index in [1.807, 2.05) is 18.2 Å². The van der Waals surface area contributed by atoms with Crippen LogP contribution in [0, 0.1) is 0 Å². The number of Topliss-reactive ketones (excluding diaryl/α,β-unsaturated/α-hetero) is 2. The number of rotatable bonds is 3. The van der Waals surface area contributed by atoms with Gasteiger partial charge in [0.2, 0.25) is 5.78 Å². The largest absolute Gasteiger partial charge is 0.285 e. The number of hydrogen-bond acceptors (Lipinski definition) is 3. The standard InChI is InChI=1S/C13H7O3/c14-8-12(15)13(16)11-7-3-5-9-4-1-2-6-10(9)11/h1-7H. The molecule has 0 aliphatic rings. The molecule has 77 valence electrons. The van der Waals surface area contributed by atoms with Gasteiger partial charge in [-0.2, -0.15) is 0 Å². The van der Waals surface area contributed by atoms with Gasteiger partial charge in [-0.25, -0.2) is 0 Å². The molecule has 0 bridgehead atoms. The van der Waals surface area contributed by atoms with Crippen LogP contribution in [0.4, 0.5) is 0 Å². The van der Waals surface area contributed by atoms with Gasteiger partial charge in [-0.15, -0.1) is 0 Å². The Morgan fingerprint density at radius 2 is 1.62 bits per heavy atom. The van der Waals surface area contributed by atoms with Gasteiger partial charge in [0.1, 0.15) is 0 Å². The van der Waals surface area contributed by atoms with Crippen LogP contribution in [0.3, 0.4) is 0 Å². The molecule has 0 fully saturated rings. The normalized spacial score (nSPS) is 10.0. The van der Waals surface area contributed by atoms with Crippen molar-refractivity contribution < 1.29 is 14.4 Å². The molecule has 0 aliphatic carbocycles. The molecule has 2 aromatic rings. The van der Waals surface area contributed by atoms with Crippen LogP contribution in [0.5, 0.6) is 0 Å². The zero-order chi connectivity index (χ0) is 11.5. The van der Waals surface area contributed by atoms with Crippen molar-refractivity contribution in [3.63, 3.8) is 0 Å². The van der Waals surface area contributed by atoms with E-state index in [0.29, 0.717) is 5.39 Å². The minimum atomic E-state index is -1.14. The molecule has 0 unspecified atom stereocenters. The van der Waals surface area contributed by atoms with Crippen molar-refractivity contribution in [2.75, 3.05) is 0 Å². The molecule has 2 aromatic carbocycles. The molecule has 0 saturated carbocycles. The number of benzene rings is 2. The topological polar surface area (TPSA) is 51.2 Å². The van der Waals surface area contributed by atoms with E-state index in [2.05, 4.69) is 0 Å². The van der Waals surface area contributed by atoms with Gasteiger partial charge in [0.05, 0.1) is 0 Å². The lowest BCUT2D eigenvalue weighted by Crippen LogP contribution is -2.15. The first kappa shape index (κ1) is 10.2. The Morgan fingerprint density at radius 1 is 0.938 bits per heavy atom. The summed E-state index contributed by atoms with van der Waals surface area (Å²) in [5.74, 6) is -1.96. The van der Waals surface area contributed by atoms with Crippen LogP contribution in [-0.4, -0.2) is 17.9 Å². The van der Waals surface area contributed by atoms with Crippen molar-refractivity contribution in [1.29, 1.82) is 0 Å². The summed E-state index contributed by atoms with van der Waals surface area (Å²) in [6, 6.07) is 12.2. The van der Waals surface area contributed by atoms with E-state index in [9.17, 15) is 14.4 Å². The molecule has 0 N–H and O–H groups in total. The van der Waals surface area contributed by atoms with E-state index in [1.165, 1.54) is 6.07 Å². The molecule has 3 nitrogen and oxygen atoms in total. The molecule has 0 heterocycles. The van der Waals surface area contributed by atoms with Crippen molar-refractivity contribution in [2.24, 2.45) is 0 Å². The Bertz CT molecular complexity index is 579. The molecule has 0 aromatic heterocycles. The van der Waals surface area contributed by atoms with Gasteiger partial charge in [-0.3, -0.25) is 14.4 Å². The van der Waals surface area contributed by atoms with Crippen LogP contribution in [-0.2, 0) is 9.59 Å². The highest BCUT2D eigenvalue weighted by Crippen LogP contribution is 2.18. The number of carbonyl (C=O) groups is 2. The molecule has 0 atom stereocenters. The molecular formula is C13H7O3. The first-order valence-corrected chi connectivity index (χ1v) is 4.68. The highest BCUT2D eigenvalue weighted by molar-refractivity contribution is 6.62. The fourth-order valence-electron chi connectivity index (χ4n) is 1.59. The highest BCUT2D eigenvalue weighted by atomic mass is 16.2. The Kier molecular flexibility index (Phi) is 2.60. The minimum absolute atomic E-state index is 0.242. The quantitative estimate of drug-likeness (QED) is 0.441. The van der Waals surface area contributed by atoms with E-state index in [0.717, 1.165) is 11.7 Å². The third-order valence-corrected chi connectivity index (χ3v) is 2.33. The molecule has 0 amide bonds. The van der Waals surface area contributed by atoms with Crippen molar-refractivity contribution in [3.8, 4) is 0 Å². The Labute approximate surface area is 91.7 Å². The van der Waals surface area contributed by atoms with Gasteiger partial charge in [-0.05, 0) is 10.8 Å². The summed E-state index contributed by atoms with van der Waals surface area (Å²) in [6.07, 6.45) is 1.09. The average Bonchev–Trinajstić information content (AvgIpc) is 2.36. The summed E-state index contributed by atoms with van der Waals surface area (Å²) >= 11 is 0. The molecule has 2 rings (SSSR count). The van der Waals surface area contributed by atoms with Crippen molar-refractivity contribution >= 4 is 28.6 Å². The zero-order valence-electron chi connectivity index (χ0n) is 8.27. The van der Waals surface area contributed by atoms with Crippen LogP contribution in [0.25, 0.3) is 10.8 Å². The van der Waals surface area contributed by atoms with Crippen LogP contribution in [0.15, 0.2) is 42.5 Å². The Morgan fingerprint density at radius 3 is 2.38 bits per heavy atom. The van der Waals surface area contributed by atoms with E-state index in [4.69, 9.17) is 0 Å². The molecule has 0 aliphatic heterocycles. The maximum Gasteiger partial charge on any atom is 0.281 e. The molecule has 0 spiro atoms. The van der Waals surface area contributed by atoms with E-state index < -0.39 is 11.6 Å². The van der Waals surface area contributed by atoms with Crippen LogP contribution >= 0.6 is 0 Å². The zero-order valence-corrected chi connectivity index (χ0v) is 8.27. The summed E-state index contributed by atoms with van der Waals surface area (Å²) in [7, 11) is 0. The molecular weight excluding hydrogens is 204 g/mol. The first-order chi connectivity index (χ1) is 7.74. The molecule has 0 saturated heterocycles. The van der Waals surface area contributed by atoms with Crippen molar-refractivity contribution in [2.45, 2.75) is 0 Å². The lowest BCUT2D eigenvalue weighted by Gasteiger charge is -2.02. The Hall–Kier alpha value is -2.29. The fraction of sp³-hybridized carbons (Fsp3) is 0. The summed E-state index contributed by atoms with van der Waals surface area (Å²) in [4.78, 5) is 32.7. The Balaban J connectivity index is 2.65. The minimum Gasteiger partial charge on any atom is -0.285 e. The third kappa shape index (κ3) is 1.63. The second-order valence-corrected chi connectivity index (χ2v) is 3.29. The lowest BCUT2D eigenvalue weighted by molar-refractivity contribution is -0.109. The smallest absolute Gasteiger partial charge is 0.281 e. The molecule has 1 radical (unpaired) electrons. The van der Waals surface area contributed by atoms with Gasteiger partial charge >= 0.3 is 0 Å². The molecule has 16 heavy (non-hydrogen) atoms. The van der Waals surface area contributed by atoms with Crippen molar-refractivity contribution in [3.05, 3.63) is 48.0 Å². The van der Waals surface area contributed by atoms with E-state index in [-0.39, 0.29) is 5.56 Å². The maximum absolute atomic E-state index is 11.6. The summed E-state index contributed by atoms with van der Waals surface area (Å²) in [6.45, 7) is 0. The van der Waals surface area contributed by atoms with Gasteiger partial charge < -0.3 is 0 Å². The summed E-state index contributed by atoms with van der Waals surface area (Å²) in [5.41, 5.74) is 0.242. The lowest BCUT2D eigenvalue weighted by atomic mass is 10.00. The number of hydrogen-bond donors (Lipinski definition) is 0. The van der Waals surface area contributed by atoms with Gasteiger partial charge in [0.25, 0.3) is 12.1 Å². The van der Waals surface area contributed by atoms with E-state index in [1.54, 1.807) is 18.2 Å². The number of fused-ring (bicyclic) bond motifs is 1. The van der Waals surface area contributed by atoms with Gasteiger partial charge in [0, 0.05) is 5.56 Å². The second-order valence-electron chi connectivity index (χ2n) is 3.29. The summed E-state index contributed by atoms with van der Waals surface area (Å²) < 4.78 is 0. The average molecular weight is 211 g/mol. The number of ketones is 2. The predicted octanol–water partition coefficient (Wildman–Crippen LogP) is 1.70. The number of carbonyl (C=O) groups excluding carboxylic acids is 3. The van der Waals surface area contributed by atoms with Gasteiger partial charge in [0.15, 0.2) is 0 Å². The maximum atomic E-state index is 11.6. The fourth-order valence-corrected chi connectivity index (χ4v) is 1.59. The van der Waals surface area contributed by atoms with Crippen LogP contribution in [0.2, 0.25) is 0 Å². The van der Waals surface area contributed by atoms with Crippen LogP contribution < -0.4 is 0 Å². The highest BCUT2D eigenvalue weighted by Gasteiger charge is 2.17.